The molecule has 1 saturated carbocycles. The molecule has 0 radical (unpaired) electrons. The second-order valence-corrected chi connectivity index (χ2v) is 4.94. The molecule has 0 spiro atoms. The highest BCUT2D eigenvalue weighted by atomic mass is 14.9. The van der Waals surface area contributed by atoms with Crippen molar-refractivity contribution >= 4 is 5.69 Å². The predicted molar refractivity (Wildman–Crippen MR) is 64.6 cm³/mol. The average molecular weight is 201 g/mol. The Morgan fingerprint density at radius 1 is 1.27 bits per heavy atom. The van der Waals surface area contributed by atoms with Crippen molar-refractivity contribution in [3.8, 4) is 0 Å². The molecule has 0 saturated heterocycles. The SMILES string of the molecule is CCCNc1cccc2c1C1CCC2C1. The third-order valence-corrected chi connectivity index (χ3v) is 3.99. The fraction of sp³-hybridized carbons (Fsp3) is 0.571. The lowest BCUT2D eigenvalue weighted by atomic mass is 9.90. The van der Waals surface area contributed by atoms with Crippen LogP contribution >= 0.6 is 0 Å². The summed E-state index contributed by atoms with van der Waals surface area (Å²) in [4.78, 5) is 0. The summed E-state index contributed by atoms with van der Waals surface area (Å²) in [6.07, 6.45) is 5.47. The Kier molecular flexibility index (Phi) is 2.19. The van der Waals surface area contributed by atoms with E-state index < -0.39 is 0 Å². The first-order chi connectivity index (χ1) is 7.40. The van der Waals surface area contributed by atoms with Crippen LogP contribution in [0.2, 0.25) is 0 Å². The molecule has 0 aliphatic heterocycles. The average Bonchev–Trinajstić information content (AvgIpc) is 2.87. The molecule has 2 aliphatic carbocycles. The minimum Gasteiger partial charge on any atom is -0.385 e. The summed E-state index contributed by atoms with van der Waals surface area (Å²) in [5.74, 6) is 1.75. The molecule has 1 heteroatoms. The van der Waals surface area contributed by atoms with Crippen molar-refractivity contribution in [2.75, 3.05) is 11.9 Å². The molecule has 2 unspecified atom stereocenters. The van der Waals surface area contributed by atoms with Gasteiger partial charge in [-0.25, -0.2) is 0 Å². The van der Waals surface area contributed by atoms with Gasteiger partial charge in [-0.1, -0.05) is 19.1 Å². The van der Waals surface area contributed by atoms with E-state index in [1.807, 2.05) is 0 Å². The Morgan fingerprint density at radius 2 is 2.13 bits per heavy atom. The maximum atomic E-state index is 3.58. The summed E-state index contributed by atoms with van der Waals surface area (Å²) in [6.45, 7) is 3.33. The number of anilines is 1. The molecular weight excluding hydrogens is 182 g/mol. The van der Waals surface area contributed by atoms with Crippen LogP contribution < -0.4 is 5.32 Å². The van der Waals surface area contributed by atoms with Gasteiger partial charge in [-0.05, 0) is 54.7 Å². The van der Waals surface area contributed by atoms with Crippen LogP contribution in [0.5, 0.6) is 0 Å². The molecule has 2 bridgehead atoms. The van der Waals surface area contributed by atoms with Gasteiger partial charge < -0.3 is 5.32 Å². The summed E-state index contributed by atoms with van der Waals surface area (Å²) in [6, 6.07) is 6.82. The maximum Gasteiger partial charge on any atom is 0.0378 e. The van der Waals surface area contributed by atoms with E-state index in [9.17, 15) is 0 Å². The highest BCUT2D eigenvalue weighted by Gasteiger charge is 2.37. The largest absolute Gasteiger partial charge is 0.385 e. The van der Waals surface area contributed by atoms with Crippen LogP contribution in [0.3, 0.4) is 0 Å². The van der Waals surface area contributed by atoms with Crippen LogP contribution in [0.1, 0.15) is 55.6 Å². The lowest BCUT2D eigenvalue weighted by Gasteiger charge is -2.19. The fourth-order valence-electron chi connectivity index (χ4n) is 3.33. The Labute approximate surface area is 91.9 Å². The first-order valence-corrected chi connectivity index (χ1v) is 6.27. The zero-order valence-electron chi connectivity index (χ0n) is 9.42. The van der Waals surface area contributed by atoms with Gasteiger partial charge in [0.1, 0.15) is 0 Å². The van der Waals surface area contributed by atoms with E-state index in [-0.39, 0.29) is 0 Å². The molecule has 1 nitrogen and oxygen atoms in total. The molecule has 15 heavy (non-hydrogen) atoms. The summed E-state index contributed by atoms with van der Waals surface area (Å²) < 4.78 is 0. The van der Waals surface area contributed by atoms with Crippen molar-refractivity contribution in [3.63, 3.8) is 0 Å². The van der Waals surface area contributed by atoms with Crippen LogP contribution in [-0.2, 0) is 0 Å². The van der Waals surface area contributed by atoms with Crippen molar-refractivity contribution in [2.45, 2.75) is 44.4 Å². The lowest BCUT2D eigenvalue weighted by molar-refractivity contribution is 0.718. The Hall–Kier alpha value is -0.980. The molecule has 1 aromatic carbocycles. The van der Waals surface area contributed by atoms with E-state index in [0.717, 1.165) is 18.4 Å². The molecule has 1 N–H and O–H groups in total. The molecule has 0 amide bonds. The standard InChI is InChI=1S/C14H19N/c1-2-8-15-13-5-3-4-12-10-6-7-11(9-10)14(12)13/h3-5,10-11,15H,2,6-9H2,1H3. The van der Waals surface area contributed by atoms with Crippen LogP contribution in [0.15, 0.2) is 18.2 Å². The summed E-state index contributed by atoms with van der Waals surface area (Å²) in [5.41, 5.74) is 4.72. The molecule has 2 aliphatic rings. The van der Waals surface area contributed by atoms with Crippen LogP contribution in [0.25, 0.3) is 0 Å². The van der Waals surface area contributed by atoms with E-state index in [4.69, 9.17) is 0 Å². The van der Waals surface area contributed by atoms with Gasteiger partial charge in [-0.3, -0.25) is 0 Å². The molecule has 0 heterocycles. The van der Waals surface area contributed by atoms with Gasteiger partial charge in [-0.15, -0.1) is 0 Å². The Morgan fingerprint density at radius 3 is 3.00 bits per heavy atom. The maximum absolute atomic E-state index is 3.58. The van der Waals surface area contributed by atoms with Crippen LogP contribution in [-0.4, -0.2) is 6.54 Å². The van der Waals surface area contributed by atoms with Crippen molar-refractivity contribution in [1.29, 1.82) is 0 Å². The second-order valence-electron chi connectivity index (χ2n) is 4.94. The zero-order chi connectivity index (χ0) is 10.3. The number of fused-ring (bicyclic) bond motifs is 5. The van der Waals surface area contributed by atoms with Crippen molar-refractivity contribution in [3.05, 3.63) is 29.3 Å². The smallest absolute Gasteiger partial charge is 0.0378 e. The number of rotatable bonds is 3. The molecule has 2 atom stereocenters. The van der Waals surface area contributed by atoms with Crippen LogP contribution in [0.4, 0.5) is 5.69 Å². The fourth-order valence-corrected chi connectivity index (χ4v) is 3.33. The third kappa shape index (κ3) is 1.37. The van der Waals surface area contributed by atoms with Gasteiger partial charge in [-0.2, -0.15) is 0 Å². The Bertz CT molecular complexity index is 370. The number of hydrogen-bond donors (Lipinski definition) is 1. The first kappa shape index (κ1) is 9.26. The minimum atomic E-state index is 0.866. The molecular formula is C14H19N. The normalized spacial score (nSPS) is 26.7. The first-order valence-electron chi connectivity index (χ1n) is 6.27. The molecule has 80 valence electrons. The predicted octanol–water partition coefficient (Wildman–Crippen LogP) is 3.87. The lowest BCUT2D eigenvalue weighted by Crippen LogP contribution is -2.06. The topological polar surface area (TPSA) is 12.0 Å². The number of nitrogens with one attached hydrogen (secondary N) is 1. The van der Waals surface area contributed by atoms with E-state index in [0.29, 0.717) is 0 Å². The quantitative estimate of drug-likeness (QED) is 0.782. The van der Waals surface area contributed by atoms with Gasteiger partial charge >= 0.3 is 0 Å². The van der Waals surface area contributed by atoms with Gasteiger partial charge in [0.05, 0.1) is 0 Å². The summed E-state index contributed by atoms with van der Waals surface area (Å²) in [7, 11) is 0. The molecule has 1 aromatic rings. The van der Waals surface area contributed by atoms with E-state index in [1.165, 1.54) is 31.4 Å². The minimum absolute atomic E-state index is 0.866. The monoisotopic (exact) mass is 201 g/mol. The van der Waals surface area contributed by atoms with Crippen LogP contribution in [0, 0.1) is 0 Å². The van der Waals surface area contributed by atoms with Gasteiger partial charge in [0, 0.05) is 12.2 Å². The summed E-state index contributed by atoms with van der Waals surface area (Å²) >= 11 is 0. The van der Waals surface area contributed by atoms with E-state index in [1.54, 1.807) is 11.1 Å². The van der Waals surface area contributed by atoms with Gasteiger partial charge in [0.2, 0.25) is 0 Å². The third-order valence-electron chi connectivity index (χ3n) is 3.99. The molecule has 3 rings (SSSR count). The van der Waals surface area contributed by atoms with Crippen molar-refractivity contribution < 1.29 is 0 Å². The second kappa shape index (κ2) is 3.55. The van der Waals surface area contributed by atoms with Crippen molar-refractivity contribution in [1.82, 2.24) is 0 Å². The number of hydrogen-bond acceptors (Lipinski definition) is 1. The number of benzene rings is 1. The van der Waals surface area contributed by atoms with E-state index >= 15 is 0 Å². The molecule has 0 aromatic heterocycles. The van der Waals surface area contributed by atoms with Gasteiger partial charge in [0.25, 0.3) is 0 Å². The van der Waals surface area contributed by atoms with Gasteiger partial charge in [0.15, 0.2) is 0 Å². The zero-order valence-corrected chi connectivity index (χ0v) is 9.42. The highest BCUT2D eigenvalue weighted by molar-refractivity contribution is 5.60. The van der Waals surface area contributed by atoms with Crippen molar-refractivity contribution in [2.24, 2.45) is 0 Å². The Balaban J connectivity index is 1.96. The highest BCUT2D eigenvalue weighted by Crippen LogP contribution is 2.55. The van der Waals surface area contributed by atoms with E-state index in [2.05, 4.69) is 30.4 Å². The summed E-state index contributed by atoms with van der Waals surface area (Å²) in [5, 5.41) is 3.58. The molecule has 1 fully saturated rings.